The normalized spacial score (nSPS) is 10.4. The third-order valence-corrected chi connectivity index (χ3v) is 2.38. The van der Waals surface area contributed by atoms with E-state index in [2.05, 4.69) is 25.7 Å². The molecule has 0 aromatic heterocycles. The average Bonchev–Trinajstić information content (AvgIpc) is 2.20. The first-order chi connectivity index (χ1) is 7.09. The minimum atomic E-state index is -0.182. The van der Waals surface area contributed by atoms with E-state index in [1.54, 1.807) is 0 Å². The zero-order valence-corrected chi connectivity index (χ0v) is 9.39. The van der Waals surface area contributed by atoms with Gasteiger partial charge >= 0.3 is 0 Å². The standard InChI is InChI=1S/C13H18FN/c1-10(2)11(3)15-9-8-12-4-6-13(14)7-5-12/h4-7,10,15H,3,8-9H2,1-2H3. The lowest BCUT2D eigenvalue weighted by molar-refractivity contribution is 0.625. The van der Waals surface area contributed by atoms with Crippen LogP contribution in [0.15, 0.2) is 36.5 Å². The van der Waals surface area contributed by atoms with Crippen LogP contribution in [-0.2, 0) is 6.42 Å². The molecular weight excluding hydrogens is 189 g/mol. The van der Waals surface area contributed by atoms with Gasteiger partial charge in [0.2, 0.25) is 0 Å². The maximum Gasteiger partial charge on any atom is 0.123 e. The summed E-state index contributed by atoms with van der Waals surface area (Å²) in [5.74, 6) is 0.275. The molecule has 0 aliphatic heterocycles. The number of hydrogen-bond donors (Lipinski definition) is 1. The summed E-state index contributed by atoms with van der Waals surface area (Å²) >= 11 is 0. The fourth-order valence-corrected chi connectivity index (χ4v) is 1.22. The van der Waals surface area contributed by atoms with Gasteiger partial charge in [-0.1, -0.05) is 32.6 Å². The maximum absolute atomic E-state index is 12.6. The summed E-state index contributed by atoms with van der Waals surface area (Å²) in [6.45, 7) is 8.99. The molecule has 1 aromatic rings. The molecule has 0 saturated carbocycles. The molecule has 1 N–H and O–H groups in total. The highest BCUT2D eigenvalue weighted by molar-refractivity contribution is 5.16. The Bertz CT molecular complexity index is 314. The molecule has 0 fully saturated rings. The molecule has 0 heterocycles. The smallest absolute Gasteiger partial charge is 0.123 e. The molecule has 0 radical (unpaired) electrons. The van der Waals surface area contributed by atoms with E-state index in [1.165, 1.54) is 12.1 Å². The number of halogens is 1. The number of allylic oxidation sites excluding steroid dienone is 1. The van der Waals surface area contributed by atoms with Gasteiger partial charge in [-0.15, -0.1) is 0 Å². The SMILES string of the molecule is C=C(NCCc1ccc(F)cc1)C(C)C. The van der Waals surface area contributed by atoms with Crippen LogP contribution in [0.4, 0.5) is 4.39 Å². The molecule has 15 heavy (non-hydrogen) atoms. The molecular formula is C13H18FN. The van der Waals surface area contributed by atoms with Crippen molar-refractivity contribution >= 4 is 0 Å². The molecule has 82 valence electrons. The van der Waals surface area contributed by atoms with Gasteiger partial charge in [0.15, 0.2) is 0 Å². The summed E-state index contributed by atoms with van der Waals surface area (Å²) in [4.78, 5) is 0. The maximum atomic E-state index is 12.6. The van der Waals surface area contributed by atoms with Gasteiger partial charge in [-0.05, 0) is 30.0 Å². The van der Waals surface area contributed by atoms with Crippen LogP contribution in [0.2, 0.25) is 0 Å². The predicted molar refractivity (Wildman–Crippen MR) is 62.1 cm³/mol. The Labute approximate surface area is 91.0 Å². The van der Waals surface area contributed by atoms with Gasteiger partial charge in [0.25, 0.3) is 0 Å². The lowest BCUT2D eigenvalue weighted by Gasteiger charge is -2.12. The van der Waals surface area contributed by atoms with Crippen molar-refractivity contribution in [1.29, 1.82) is 0 Å². The highest BCUT2D eigenvalue weighted by Crippen LogP contribution is 2.05. The monoisotopic (exact) mass is 207 g/mol. The van der Waals surface area contributed by atoms with Crippen LogP contribution < -0.4 is 5.32 Å². The molecule has 0 atom stereocenters. The Morgan fingerprint density at radius 2 is 1.93 bits per heavy atom. The summed E-state index contributed by atoms with van der Waals surface area (Å²) < 4.78 is 12.6. The van der Waals surface area contributed by atoms with E-state index >= 15 is 0 Å². The summed E-state index contributed by atoms with van der Waals surface area (Å²) in [6.07, 6.45) is 0.895. The fourth-order valence-electron chi connectivity index (χ4n) is 1.22. The zero-order valence-electron chi connectivity index (χ0n) is 9.39. The number of rotatable bonds is 5. The van der Waals surface area contributed by atoms with E-state index in [4.69, 9.17) is 0 Å². The van der Waals surface area contributed by atoms with Crippen LogP contribution in [0, 0.1) is 11.7 Å². The molecule has 0 aliphatic rings. The van der Waals surface area contributed by atoms with Gasteiger partial charge in [-0.25, -0.2) is 4.39 Å². The largest absolute Gasteiger partial charge is 0.388 e. The molecule has 0 saturated heterocycles. The van der Waals surface area contributed by atoms with Crippen molar-refractivity contribution in [3.05, 3.63) is 47.9 Å². The first-order valence-electron chi connectivity index (χ1n) is 5.26. The molecule has 1 nitrogen and oxygen atoms in total. The Kier molecular flexibility index (Phi) is 4.35. The molecule has 1 aromatic carbocycles. The Hall–Kier alpha value is -1.31. The Morgan fingerprint density at radius 3 is 2.47 bits per heavy atom. The van der Waals surface area contributed by atoms with Crippen molar-refractivity contribution in [1.82, 2.24) is 5.32 Å². The van der Waals surface area contributed by atoms with Crippen LogP contribution in [0.25, 0.3) is 0 Å². The topological polar surface area (TPSA) is 12.0 Å². The molecule has 0 amide bonds. The fraction of sp³-hybridized carbons (Fsp3) is 0.385. The van der Waals surface area contributed by atoms with E-state index in [-0.39, 0.29) is 5.82 Å². The van der Waals surface area contributed by atoms with Crippen molar-refractivity contribution in [2.24, 2.45) is 5.92 Å². The van der Waals surface area contributed by atoms with E-state index in [1.807, 2.05) is 12.1 Å². The third kappa shape index (κ3) is 4.15. The number of nitrogens with one attached hydrogen (secondary N) is 1. The lowest BCUT2D eigenvalue weighted by Crippen LogP contribution is -2.19. The second kappa shape index (κ2) is 5.54. The van der Waals surface area contributed by atoms with Gasteiger partial charge in [-0.3, -0.25) is 0 Å². The summed E-state index contributed by atoms with van der Waals surface area (Å²) in [5, 5.41) is 3.26. The summed E-state index contributed by atoms with van der Waals surface area (Å²) in [7, 11) is 0. The molecule has 2 heteroatoms. The van der Waals surface area contributed by atoms with Crippen LogP contribution in [-0.4, -0.2) is 6.54 Å². The highest BCUT2D eigenvalue weighted by atomic mass is 19.1. The van der Waals surface area contributed by atoms with E-state index in [0.717, 1.165) is 24.2 Å². The molecule has 0 bridgehead atoms. The molecule has 0 unspecified atom stereocenters. The zero-order chi connectivity index (χ0) is 11.3. The second-order valence-corrected chi connectivity index (χ2v) is 3.98. The number of hydrogen-bond acceptors (Lipinski definition) is 1. The molecule has 0 spiro atoms. The first-order valence-corrected chi connectivity index (χ1v) is 5.26. The Morgan fingerprint density at radius 1 is 1.33 bits per heavy atom. The quantitative estimate of drug-likeness (QED) is 0.782. The van der Waals surface area contributed by atoms with Crippen molar-refractivity contribution in [3.63, 3.8) is 0 Å². The highest BCUT2D eigenvalue weighted by Gasteiger charge is 1.99. The predicted octanol–water partition coefficient (Wildman–Crippen LogP) is 3.13. The van der Waals surface area contributed by atoms with Gasteiger partial charge < -0.3 is 5.32 Å². The van der Waals surface area contributed by atoms with Crippen molar-refractivity contribution in [3.8, 4) is 0 Å². The van der Waals surface area contributed by atoms with E-state index in [9.17, 15) is 4.39 Å². The van der Waals surface area contributed by atoms with E-state index in [0.29, 0.717) is 5.92 Å². The van der Waals surface area contributed by atoms with Crippen LogP contribution in [0.5, 0.6) is 0 Å². The minimum Gasteiger partial charge on any atom is -0.388 e. The van der Waals surface area contributed by atoms with E-state index < -0.39 is 0 Å². The van der Waals surface area contributed by atoms with Crippen LogP contribution in [0.1, 0.15) is 19.4 Å². The van der Waals surface area contributed by atoms with Crippen LogP contribution in [0.3, 0.4) is 0 Å². The Balaban J connectivity index is 2.32. The van der Waals surface area contributed by atoms with Gasteiger partial charge in [0.05, 0.1) is 0 Å². The number of benzene rings is 1. The molecule has 0 aliphatic carbocycles. The van der Waals surface area contributed by atoms with Gasteiger partial charge in [0, 0.05) is 12.2 Å². The first kappa shape index (κ1) is 11.8. The van der Waals surface area contributed by atoms with Crippen molar-refractivity contribution < 1.29 is 4.39 Å². The van der Waals surface area contributed by atoms with Crippen molar-refractivity contribution in [2.45, 2.75) is 20.3 Å². The minimum absolute atomic E-state index is 0.182. The summed E-state index contributed by atoms with van der Waals surface area (Å²) in [5.41, 5.74) is 2.19. The summed E-state index contributed by atoms with van der Waals surface area (Å²) in [6, 6.07) is 6.61. The van der Waals surface area contributed by atoms with Gasteiger partial charge in [-0.2, -0.15) is 0 Å². The average molecular weight is 207 g/mol. The van der Waals surface area contributed by atoms with Gasteiger partial charge in [0.1, 0.15) is 5.82 Å². The van der Waals surface area contributed by atoms with Crippen LogP contribution >= 0.6 is 0 Å². The van der Waals surface area contributed by atoms with Crippen molar-refractivity contribution in [2.75, 3.05) is 6.54 Å². The third-order valence-electron chi connectivity index (χ3n) is 2.38. The lowest BCUT2D eigenvalue weighted by atomic mass is 10.1. The molecule has 1 rings (SSSR count). The second-order valence-electron chi connectivity index (χ2n) is 3.98.